The first-order valence-corrected chi connectivity index (χ1v) is 7.48. The number of rotatable bonds is 6. The van der Waals surface area contributed by atoms with Crippen LogP contribution < -0.4 is 16.0 Å². The molecule has 1 atom stereocenters. The molecule has 7 heteroatoms. The molecule has 0 bridgehead atoms. The first-order chi connectivity index (χ1) is 9.27. The number of carbonyl (C=O) groups excluding carboxylic acids is 2. The lowest BCUT2D eigenvalue weighted by molar-refractivity contribution is -0.122. The minimum atomic E-state index is -0.0428. The van der Waals surface area contributed by atoms with Crippen LogP contribution in [0.3, 0.4) is 0 Å². The van der Waals surface area contributed by atoms with Gasteiger partial charge in [0.15, 0.2) is 0 Å². The number of carbonyl (C=O) groups is 2. The van der Waals surface area contributed by atoms with Gasteiger partial charge in [0.2, 0.25) is 5.91 Å². The summed E-state index contributed by atoms with van der Waals surface area (Å²) in [6.07, 6.45) is 2.73. The lowest BCUT2D eigenvalue weighted by Gasteiger charge is -2.11. The van der Waals surface area contributed by atoms with Crippen LogP contribution in [-0.4, -0.2) is 37.5 Å². The van der Waals surface area contributed by atoms with E-state index in [2.05, 4.69) is 16.0 Å². The Morgan fingerprint density at radius 1 is 1.35 bits per heavy atom. The highest BCUT2D eigenvalue weighted by Gasteiger charge is 2.21. The highest BCUT2D eigenvalue weighted by Crippen LogP contribution is 2.07. The number of thiophene rings is 1. The van der Waals surface area contributed by atoms with Crippen LogP contribution in [0.2, 0.25) is 0 Å². The zero-order chi connectivity index (χ0) is 13.5. The highest BCUT2D eigenvalue weighted by molar-refractivity contribution is 7.12. The van der Waals surface area contributed by atoms with Crippen molar-refractivity contribution < 1.29 is 9.59 Å². The Morgan fingerprint density at radius 3 is 2.80 bits per heavy atom. The molecular formula is C13H20ClN3O2S. The van der Waals surface area contributed by atoms with Crippen molar-refractivity contribution in [2.75, 3.05) is 19.6 Å². The lowest BCUT2D eigenvalue weighted by Crippen LogP contribution is -2.41. The fraction of sp³-hybridized carbons (Fsp3) is 0.538. The van der Waals surface area contributed by atoms with Crippen LogP contribution in [-0.2, 0) is 4.79 Å². The van der Waals surface area contributed by atoms with Crippen LogP contribution in [0, 0.1) is 0 Å². The van der Waals surface area contributed by atoms with Crippen LogP contribution in [0.5, 0.6) is 0 Å². The Morgan fingerprint density at radius 2 is 2.15 bits per heavy atom. The Labute approximate surface area is 128 Å². The number of halogens is 1. The van der Waals surface area contributed by atoms with Gasteiger partial charge in [-0.25, -0.2) is 0 Å². The standard InChI is InChI=1S/C13H19N3O2S.ClH/c17-12(10-4-1-6-14-10)15-7-3-8-16-13(18)11-5-2-9-19-11;/h2,5,9-10,14H,1,3-4,6-8H2,(H,15,17)(H,16,18);1H. The van der Waals surface area contributed by atoms with Gasteiger partial charge in [-0.2, -0.15) is 0 Å². The molecule has 112 valence electrons. The molecule has 2 heterocycles. The van der Waals surface area contributed by atoms with Gasteiger partial charge in [0.25, 0.3) is 5.91 Å². The number of nitrogens with one attached hydrogen (secondary N) is 3. The first-order valence-electron chi connectivity index (χ1n) is 6.60. The van der Waals surface area contributed by atoms with E-state index < -0.39 is 0 Å². The van der Waals surface area contributed by atoms with Crippen molar-refractivity contribution in [1.82, 2.24) is 16.0 Å². The second kappa shape index (κ2) is 8.94. The Balaban J connectivity index is 0.00000200. The molecule has 0 radical (unpaired) electrons. The lowest BCUT2D eigenvalue weighted by atomic mass is 10.2. The zero-order valence-electron chi connectivity index (χ0n) is 11.2. The molecule has 1 aromatic rings. The molecule has 20 heavy (non-hydrogen) atoms. The van der Waals surface area contributed by atoms with Crippen molar-refractivity contribution in [3.05, 3.63) is 22.4 Å². The van der Waals surface area contributed by atoms with E-state index in [1.54, 1.807) is 6.07 Å². The van der Waals surface area contributed by atoms with Crippen molar-refractivity contribution in [3.8, 4) is 0 Å². The summed E-state index contributed by atoms with van der Waals surface area (Å²) in [6.45, 7) is 2.10. The maximum absolute atomic E-state index is 11.7. The molecule has 1 aromatic heterocycles. The summed E-state index contributed by atoms with van der Waals surface area (Å²) in [7, 11) is 0. The maximum atomic E-state index is 11.7. The van der Waals surface area contributed by atoms with E-state index in [0.717, 1.165) is 30.7 Å². The van der Waals surface area contributed by atoms with Crippen LogP contribution >= 0.6 is 23.7 Å². The molecule has 1 unspecified atom stereocenters. The van der Waals surface area contributed by atoms with Crippen molar-refractivity contribution in [1.29, 1.82) is 0 Å². The third-order valence-corrected chi connectivity index (χ3v) is 3.93. The van der Waals surface area contributed by atoms with Crippen molar-refractivity contribution in [3.63, 3.8) is 0 Å². The third-order valence-electron chi connectivity index (χ3n) is 3.06. The summed E-state index contributed by atoms with van der Waals surface area (Å²) in [6, 6.07) is 3.63. The van der Waals surface area contributed by atoms with Crippen molar-refractivity contribution >= 4 is 35.6 Å². The maximum Gasteiger partial charge on any atom is 0.261 e. The molecule has 5 nitrogen and oxygen atoms in total. The molecular weight excluding hydrogens is 298 g/mol. The monoisotopic (exact) mass is 317 g/mol. The molecule has 0 spiro atoms. The van der Waals surface area contributed by atoms with Gasteiger partial charge in [-0.3, -0.25) is 9.59 Å². The van der Waals surface area contributed by atoms with E-state index in [9.17, 15) is 9.59 Å². The smallest absolute Gasteiger partial charge is 0.261 e. The van der Waals surface area contributed by atoms with Gasteiger partial charge in [0.1, 0.15) is 0 Å². The molecule has 0 saturated carbocycles. The fourth-order valence-electron chi connectivity index (χ4n) is 2.03. The number of amides is 2. The number of hydrogen-bond donors (Lipinski definition) is 3. The highest BCUT2D eigenvalue weighted by atomic mass is 35.5. The summed E-state index contributed by atoms with van der Waals surface area (Å²) in [5.74, 6) is 0.0286. The molecule has 2 amide bonds. The molecule has 1 fully saturated rings. The summed E-state index contributed by atoms with van der Waals surface area (Å²) < 4.78 is 0. The summed E-state index contributed by atoms with van der Waals surface area (Å²) in [5, 5.41) is 10.7. The average molecular weight is 318 g/mol. The van der Waals surface area contributed by atoms with Crippen LogP contribution in [0.4, 0.5) is 0 Å². The second-order valence-corrected chi connectivity index (χ2v) is 5.47. The minimum Gasteiger partial charge on any atom is -0.355 e. The number of hydrogen-bond acceptors (Lipinski definition) is 4. The van der Waals surface area contributed by atoms with Crippen LogP contribution in [0.15, 0.2) is 17.5 Å². The largest absolute Gasteiger partial charge is 0.355 e. The SMILES string of the molecule is Cl.O=C(NCCCNC(=O)C1CCCN1)c1cccs1. The zero-order valence-corrected chi connectivity index (χ0v) is 12.8. The van der Waals surface area contributed by atoms with E-state index in [1.165, 1.54) is 11.3 Å². The van der Waals surface area contributed by atoms with Gasteiger partial charge in [-0.15, -0.1) is 23.7 Å². The molecule has 1 saturated heterocycles. The Bertz CT molecular complexity index is 419. The van der Waals surface area contributed by atoms with Crippen molar-refractivity contribution in [2.45, 2.75) is 25.3 Å². The summed E-state index contributed by atoms with van der Waals surface area (Å²) in [4.78, 5) is 24.0. The van der Waals surface area contributed by atoms with Gasteiger partial charge in [-0.05, 0) is 37.3 Å². The Hall–Kier alpha value is -1.11. The molecule has 2 rings (SSSR count). The van der Waals surface area contributed by atoms with Crippen LogP contribution in [0.25, 0.3) is 0 Å². The molecule has 3 N–H and O–H groups in total. The molecule has 0 aromatic carbocycles. The van der Waals surface area contributed by atoms with Gasteiger partial charge in [-0.1, -0.05) is 6.07 Å². The summed E-state index contributed by atoms with van der Waals surface area (Å²) >= 11 is 1.43. The van der Waals surface area contributed by atoms with Crippen molar-refractivity contribution in [2.24, 2.45) is 0 Å². The normalized spacial score (nSPS) is 17.3. The summed E-state index contributed by atoms with van der Waals surface area (Å²) in [5.41, 5.74) is 0. The van der Waals surface area contributed by atoms with E-state index in [4.69, 9.17) is 0 Å². The van der Waals surface area contributed by atoms with Gasteiger partial charge in [0, 0.05) is 13.1 Å². The predicted octanol–water partition coefficient (Wildman–Crippen LogP) is 1.16. The fourth-order valence-corrected chi connectivity index (χ4v) is 2.67. The molecule has 1 aliphatic heterocycles. The van der Waals surface area contributed by atoms with Gasteiger partial charge >= 0.3 is 0 Å². The van der Waals surface area contributed by atoms with E-state index in [-0.39, 0.29) is 30.3 Å². The third kappa shape index (κ3) is 5.11. The molecule has 1 aliphatic rings. The predicted molar refractivity (Wildman–Crippen MR) is 82.6 cm³/mol. The Kier molecular flexibility index (Phi) is 7.58. The van der Waals surface area contributed by atoms with Gasteiger partial charge in [0.05, 0.1) is 10.9 Å². The van der Waals surface area contributed by atoms with Crippen LogP contribution in [0.1, 0.15) is 28.9 Å². The first kappa shape index (κ1) is 16.9. The van der Waals surface area contributed by atoms with E-state index >= 15 is 0 Å². The topological polar surface area (TPSA) is 70.2 Å². The molecule has 0 aliphatic carbocycles. The minimum absolute atomic E-state index is 0. The second-order valence-electron chi connectivity index (χ2n) is 4.53. The van der Waals surface area contributed by atoms with Gasteiger partial charge < -0.3 is 16.0 Å². The average Bonchev–Trinajstić information content (AvgIpc) is 3.10. The van der Waals surface area contributed by atoms with E-state index in [0.29, 0.717) is 13.1 Å². The quantitative estimate of drug-likeness (QED) is 0.690. The van der Waals surface area contributed by atoms with E-state index in [1.807, 2.05) is 11.4 Å².